The van der Waals surface area contributed by atoms with Crippen molar-refractivity contribution in [2.45, 2.75) is 0 Å². The minimum Gasteiger partial charge on any atom is -0.493 e. The van der Waals surface area contributed by atoms with Crippen LogP contribution in [0.2, 0.25) is 0 Å². The Morgan fingerprint density at radius 1 is 1.23 bits per heavy atom. The summed E-state index contributed by atoms with van der Waals surface area (Å²) in [5.41, 5.74) is 1.07. The maximum absolute atomic E-state index is 13.9. The Morgan fingerprint density at radius 2 is 1.95 bits per heavy atom. The van der Waals surface area contributed by atoms with Gasteiger partial charge in [0.1, 0.15) is 5.82 Å². The molecule has 0 aromatic heterocycles. The van der Waals surface area contributed by atoms with Gasteiger partial charge >= 0.3 is 0 Å². The van der Waals surface area contributed by atoms with Gasteiger partial charge in [-0.15, -0.1) is 0 Å². The van der Waals surface area contributed by atoms with E-state index in [2.05, 4.69) is 15.9 Å². The second-order valence-corrected chi connectivity index (χ2v) is 5.30. The summed E-state index contributed by atoms with van der Waals surface area (Å²) in [6, 6.07) is 11.7. The molecule has 2 aromatic rings. The van der Waals surface area contributed by atoms with Gasteiger partial charge in [0, 0.05) is 15.6 Å². The van der Waals surface area contributed by atoms with E-state index in [0.717, 1.165) is 4.47 Å². The summed E-state index contributed by atoms with van der Waals surface area (Å²) in [7, 11) is 3.04. The van der Waals surface area contributed by atoms with Crippen molar-refractivity contribution in [2.75, 3.05) is 14.2 Å². The molecule has 0 fully saturated rings. The Labute approximate surface area is 136 Å². The largest absolute Gasteiger partial charge is 0.493 e. The first-order valence-electron chi connectivity index (χ1n) is 6.39. The highest BCUT2D eigenvalue weighted by molar-refractivity contribution is 9.10. The van der Waals surface area contributed by atoms with Crippen LogP contribution < -0.4 is 9.47 Å². The molecule has 0 saturated carbocycles. The van der Waals surface area contributed by atoms with Gasteiger partial charge in [0.15, 0.2) is 11.5 Å². The molecule has 112 valence electrons. The van der Waals surface area contributed by atoms with E-state index in [-0.39, 0.29) is 11.1 Å². The molecule has 0 N–H and O–H groups in total. The lowest BCUT2D eigenvalue weighted by atomic mass is 10.0. The van der Waals surface area contributed by atoms with Gasteiger partial charge in [-0.05, 0) is 24.3 Å². The minimum atomic E-state index is -0.448. The summed E-state index contributed by atoms with van der Waals surface area (Å²) in [4.78, 5) is 0. The lowest BCUT2D eigenvalue weighted by molar-refractivity contribution is 0.354. The summed E-state index contributed by atoms with van der Waals surface area (Å²) in [6.45, 7) is 0. The Hall–Kier alpha value is -2.32. The van der Waals surface area contributed by atoms with Gasteiger partial charge in [-0.25, -0.2) is 4.39 Å². The molecule has 0 aliphatic heterocycles. The number of halogens is 2. The van der Waals surface area contributed by atoms with Crippen LogP contribution in [0.1, 0.15) is 11.1 Å². The normalized spacial score (nSPS) is 11.0. The lowest BCUT2D eigenvalue weighted by Gasteiger charge is -2.12. The van der Waals surface area contributed by atoms with E-state index in [9.17, 15) is 9.65 Å². The van der Waals surface area contributed by atoms with Gasteiger partial charge in [0.25, 0.3) is 0 Å². The number of allylic oxidation sites excluding steroid dienone is 1. The van der Waals surface area contributed by atoms with Crippen LogP contribution in [0, 0.1) is 17.1 Å². The Balaban J connectivity index is 2.63. The van der Waals surface area contributed by atoms with Gasteiger partial charge in [0.2, 0.25) is 0 Å². The Bertz CT molecular complexity index is 766. The van der Waals surface area contributed by atoms with Gasteiger partial charge in [0.05, 0.1) is 25.9 Å². The third kappa shape index (κ3) is 3.29. The SMILES string of the molecule is COc1cc(Br)cc(/C=C(/C#N)c2ccccc2F)c1OC. The van der Waals surface area contributed by atoms with Gasteiger partial charge in [-0.3, -0.25) is 0 Å². The quantitative estimate of drug-likeness (QED) is 0.586. The fourth-order valence-electron chi connectivity index (χ4n) is 2.07. The fourth-order valence-corrected chi connectivity index (χ4v) is 2.53. The van der Waals surface area contributed by atoms with Crippen molar-refractivity contribution in [3.63, 3.8) is 0 Å². The topological polar surface area (TPSA) is 42.2 Å². The first kappa shape index (κ1) is 16.1. The van der Waals surface area contributed by atoms with Crippen molar-refractivity contribution in [2.24, 2.45) is 0 Å². The van der Waals surface area contributed by atoms with Crippen LogP contribution in [-0.2, 0) is 0 Å². The maximum Gasteiger partial charge on any atom is 0.168 e. The molecule has 0 spiro atoms. The maximum atomic E-state index is 13.9. The second-order valence-electron chi connectivity index (χ2n) is 4.38. The molecule has 0 heterocycles. The fraction of sp³-hybridized carbons (Fsp3) is 0.118. The summed E-state index contributed by atoms with van der Waals surface area (Å²) < 4.78 is 25.2. The molecule has 0 saturated heterocycles. The van der Waals surface area contributed by atoms with Crippen molar-refractivity contribution in [3.8, 4) is 17.6 Å². The number of ether oxygens (including phenoxy) is 2. The molecule has 2 aromatic carbocycles. The Kier molecular flexibility index (Phi) is 5.18. The van der Waals surface area contributed by atoms with Crippen LogP contribution >= 0.6 is 15.9 Å². The molecule has 22 heavy (non-hydrogen) atoms. The molecular formula is C17H13BrFNO2. The molecular weight excluding hydrogens is 349 g/mol. The number of hydrogen-bond acceptors (Lipinski definition) is 3. The lowest BCUT2D eigenvalue weighted by Crippen LogP contribution is -1.94. The first-order chi connectivity index (χ1) is 10.6. The highest BCUT2D eigenvalue weighted by atomic mass is 79.9. The molecule has 0 radical (unpaired) electrons. The van der Waals surface area contributed by atoms with Gasteiger partial charge in [-0.2, -0.15) is 5.26 Å². The summed E-state index contributed by atoms with van der Waals surface area (Å²) in [6.07, 6.45) is 1.57. The van der Waals surface area contributed by atoms with E-state index < -0.39 is 5.82 Å². The van der Waals surface area contributed by atoms with E-state index >= 15 is 0 Å². The van der Waals surface area contributed by atoms with E-state index in [4.69, 9.17) is 9.47 Å². The third-order valence-corrected chi connectivity index (χ3v) is 3.51. The van der Waals surface area contributed by atoms with E-state index in [1.165, 1.54) is 20.3 Å². The Morgan fingerprint density at radius 3 is 2.55 bits per heavy atom. The van der Waals surface area contributed by atoms with Crippen molar-refractivity contribution in [1.82, 2.24) is 0 Å². The average Bonchev–Trinajstić information content (AvgIpc) is 2.52. The van der Waals surface area contributed by atoms with Crippen LogP contribution in [0.5, 0.6) is 11.5 Å². The molecule has 0 atom stereocenters. The molecule has 3 nitrogen and oxygen atoms in total. The number of nitrogens with zero attached hydrogens (tertiary/aromatic N) is 1. The van der Waals surface area contributed by atoms with Crippen molar-refractivity contribution in [1.29, 1.82) is 5.26 Å². The zero-order valence-corrected chi connectivity index (χ0v) is 13.6. The third-order valence-electron chi connectivity index (χ3n) is 3.06. The smallest absolute Gasteiger partial charge is 0.168 e. The molecule has 0 aliphatic carbocycles. The standard InChI is InChI=1S/C17H13BrFNO2/c1-21-16-9-13(18)8-11(17(16)22-2)7-12(10-20)14-5-3-4-6-15(14)19/h3-9H,1-2H3/b12-7-. The zero-order valence-electron chi connectivity index (χ0n) is 12.1. The summed E-state index contributed by atoms with van der Waals surface area (Å²) in [5, 5.41) is 9.36. The van der Waals surface area contributed by atoms with Gasteiger partial charge < -0.3 is 9.47 Å². The number of hydrogen-bond donors (Lipinski definition) is 0. The van der Waals surface area contributed by atoms with E-state index in [1.54, 1.807) is 36.4 Å². The minimum absolute atomic E-state index is 0.205. The molecule has 0 bridgehead atoms. The zero-order chi connectivity index (χ0) is 16.1. The van der Waals surface area contributed by atoms with Crippen LogP contribution in [0.3, 0.4) is 0 Å². The average molecular weight is 362 g/mol. The van der Waals surface area contributed by atoms with Crippen LogP contribution in [-0.4, -0.2) is 14.2 Å². The number of nitriles is 1. The molecule has 0 aliphatic rings. The van der Waals surface area contributed by atoms with Crippen molar-refractivity contribution < 1.29 is 13.9 Å². The number of benzene rings is 2. The number of rotatable bonds is 4. The molecule has 0 unspecified atom stereocenters. The van der Waals surface area contributed by atoms with Crippen molar-refractivity contribution in [3.05, 3.63) is 57.8 Å². The highest BCUT2D eigenvalue weighted by Crippen LogP contribution is 2.36. The summed E-state index contributed by atoms with van der Waals surface area (Å²) >= 11 is 3.38. The van der Waals surface area contributed by atoms with Crippen molar-refractivity contribution >= 4 is 27.6 Å². The number of methoxy groups -OCH3 is 2. The predicted molar refractivity (Wildman–Crippen MR) is 87.1 cm³/mol. The molecule has 5 heteroatoms. The van der Waals surface area contributed by atoms with Crippen LogP contribution in [0.4, 0.5) is 4.39 Å². The molecule has 2 rings (SSSR count). The summed E-state index contributed by atoms with van der Waals surface area (Å²) in [5.74, 6) is 0.556. The van der Waals surface area contributed by atoms with Gasteiger partial charge in [-0.1, -0.05) is 34.1 Å². The predicted octanol–water partition coefficient (Wildman–Crippen LogP) is 4.67. The molecule has 0 amide bonds. The second kappa shape index (κ2) is 7.10. The van der Waals surface area contributed by atoms with E-state index in [1.807, 2.05) is 6.07 Å². The van der Waals surface area contributed by atoms with Crippen LogP contribution in [0.15, 0.2) is 40.9 Å². The monoisotopic (exact) mass is 361 g/mol. The first-order valence-corrected chi connectivity index (χ1v) is 7.18. The highest BCUT2D eigenvalue weighted by Gasteiger charge is 2.13. The van der Waals surface area contributed by atoms with Crippen LogP contribution in [0.25, 0.3) is 11.6 Å². The van der Waals surface area contributed by atoms with E-state index in [0.29, 0.717) is 17.1 Å².